The second kappa shape index (κ2) is 6.02. The Labute approximate surface area is 92.2 Å². The molecule has 2 N–H and O–H groups in total. The Bertz CT molecular complexity index is 197. The second-order valence-electron chi connectivity index (χ2n) is 3.90. The van der Waals surface area contributed by atoms with Gasteiger partial charge in [-0.3, -0.25) is 0 Å². The molecule has 0 unspecified atom stereocenters. The Morgan fingerprint density at radius 1 is 1.43 bits per heavy atom. The van der Waals surface area contributed by atoms with Crippen LogP contribution in [0.5, 0.6) is 0 Å². The van der Waals surface area contributed by atoms with Crippen molar-refractivity contribution in [1.29, 1.82) is 0 Å². The highest BCUT2D eigenvalue weighted by molar-refractivity contribution is 7.80. The molecule has 0 amide bonds. The van der Waals surface area contributed by atoms with Crippen LogP contribution in [-0.2, 0) is 0 Å². The molecule has 0 spiro atoms. The maximum Gasteiger partial charge on any atom is 0.166 e. The fraction of sp³-hybridized carbons (Fsp3) is 0.727. The maximum atomic E-state index is 5.73. The zero-order valence-corrected chi connectivity index (χ0v) is 9.56. The number of nitrogens with zero attached hydrogens (tertiary/aromatic N) is 1. The maximum absolute atomic E-state index is 5.73. The van der Waals surface area contributed by atoms with Crippen LogP contribution in [0.1, 0.15) is 38.5 Å². The number of hydrogen-bond donors (Lipinski definition) is 1. The molecule has 0 bridgehead atoms. The van der Waals surface area contributed by atoms with E-state index in [1.807, 2.05) is 6.08 Å². The minimum Gasteiger partial charge on any atom is -0.376 e. The van der Waals surface area contributed by atoms with Crippen LogP contribution in [0.3, 0.4) is 0 Å². The third-order valence-electron chi connectivity index (χ3n) is 2.87. The molecule has 2 nitrogen and oxygen atoms in total. The molecule has 1 fully saturated rings. The highest BCUT2D eigenvalue weighted by Gasteiger charge is 2.20. The molecule has 1 saturated carbocycles. The van der Waals surface area contributed by atoms with Gasteiger partial charge in [0.15, 0.2) is 5.11 Å². The van der Waals surface area contributed by atoms with Crippen LogP contribution in [0, 0.1) is 0 Å². The summed E-state index contributed by atoms with van der Waals surface area (Å²) in [7, 11) is 0. The van der Waals surface area contributed by atoms with Gasteiger partial charge in [0.2, 0.25) is 0 Å². The SMILES string of the molecule is C=CCCN(C(N)=S)C1CCCCC1. The van der Waals surface area contributed by atoms with Crippen LogP contribution in [0.2, 0.25) is 0 Å². The van der Waals surface area contributed by atoms with Crippen LogP contribution in [0.15, 0.2) is 12.7 Å². The molecular formula is C11H20N2S. The molecule has 0 aliphatic heterocycles. The third kappa shape index (κ3) is 3.29. The highest BCUT2D eigenvalue weighted by atomic mass is 32.1. The van der Waals surface area contributed by atoms with Gasteiger partial charge in [0.1, 0.15) is 0 Å². The van der Waals surface area contributed by atoms with Gasteiger partial charge in [-0.1, -0.05) is 25.3 Å². The van der Waals surface area contributed by atoms with E-state index in [1.165, 1.54) is 32.1 Å². The van der Waals surface area contributed by atoms with Crippen LogP contribution in [0.4, 0.5) is 0 Å². The van der Waals surface area contributed by atoms with Crippen molar-refractivity contribution in [2.75, 3.05) is 6.54 Å². The lowest BCUT2D eigenvalue weighted by Gasteiger charge is -2.34. The number of hydrogen-bond acceptors (Lipinski definition) is 1. The van der Waals surface area contributed by atoms with Gasteiger partial charge in [-0.05, 0) is 31.5 Å². The molecule has 0 atom stereocenters. The van der Waals surface area contributed by atoms with Crippen molar-refractivity contribution in [3.05, 3.63) is 12.7 Å². The lowest BCUT2D eigenvalue weighted by molar-refractivity contribution is 0.248. The Morgan fingerprint density at radius 3 is 2.57 bits per heavy atom. The average Bonchev–Trinajstić information content (AvgIpc) is 2.19. The summed E-state index contributed by atoms with van der Waals surface area (Å²) in [6.45, 7) is 4.66. The van der Waals surface area contributed by atoms with E-state index < -0.39 is 0 Å². The Hall–Kier alpha value is -0.570. The van der Waals surface area contributed by atoms with Crippen LogP contribution in [-0.4, -0.2) is 22.6 Å². The average molecular weight is 212 g/mol. The predicted molar refractivity (Wildman–Crippen MR) is 65.2 cm³/mol. The fourth-order valence-electron chi connectivity index (χ4n) is 2.10. The molecule has 14 heavy (non-hydrogen) atoms. The summed E-state index contributed by atoms with van der Waals surface area (Å²) in [4.78, 5) is 2.18. The van der Waals surface area contributed by atoms with Crippen molar-refractivity contribution in [2.45, 2.75) is 44.6 Å². The van der Waals surface area contributed by atoms with Crippen molar-refractivity contribution in [3.8, 4) is 0 Å². The monoisotopic (exact) mass is 212 g/mol. The van der Waals surface area contributed by atoms with Crippen molar-refractivity contribution < 1.29 is 0 Å². The van der Waals surface area contributed by atoms with Crippen molar-refractivity contribution >= 4 is 17.3 Å². The number of nitrogens with two attached hydrogens (primary N) is 1. The van der Waals surface area contributed by atoms with E-state index in [-0.39, 0.29) is 0 Å². The summed E-state index contributed by atoms with van der Waals surface area (Å²) in [5.41, 5.74) is 5.73. The molecule has 1 rings (SSSR count). The van der Waals surface area contributed by atoms with Crippen LogP contribution in [0.25, 0.3) is 0 Å². The summed E-state index contributed by atoms with van der Waals surface area (Å²) in [5.74, 6) is 0. The summed E-state index contributed by atoms with van der Waals surface area (Å²) in [6.07, 6.45) is 9.38. The Kier molecular flexibility index (Phi) is 4.94. The highest BCUT2D eigenvalue weighted by Crippen LogP contribution is 2.22. The van der Waals surface area contributed by atoms with Crippen LogP contribution < -0.4 is 5.73 Å². The third-order valence-corrected chi connectivity index (χ3v) is 3.11. The minimum absolute atomic E-state index is 0.554. The van der Waals surface area contributed by atoms with E-state index in [2.05, 4.69) is 11.5 Å². The smallest absolute Gasteiger partial charge is 0.166 e. The lowest BCUT2D eigenvalue weighted by Crippen LogP contribution is -2.44. The van der Waals surface area contributed by atoms with Crippen molar-refractivity contribution in [3.63, 3.8) is 0 Å². The lowest BCUT2D eigenvalue weighted by atomic mass is 9.94. The summed E-state index contributed by atoms with van der Waals surface area (Å²) in [5, 5.41) is 0.554. The Morgan fingerprint density at radius 2 is 2.07 bits per heavy atom. The zero-order valence-electron chi connectivity index (χ0n) is 8.74. The van der Waals surface area contributed by atoms with E-state index in [0.29, 0.717) is 11.2 Å². The zero-order chi connectivity index (χ0) is 10.4. The first-order valence-electron chi connectivity index (χ1n) is 5.42. The van der Waals surface area contributed by atoms with Gasteiger partial charge in [-0.15, -0.1) is 6.58 Å². The minimum atomic E-state index is 0.554. The van der Waals surface area contributed by atoms with E-state index in [9.17, 15) is 0 Å². The molecule has 0 heterocycles. The summed E-state index contributed by atoms with van der Waals surface area (Å²) in [6, 6.07) is 0.584. The molecule has 1 aliphatic rings. The van der Waals surface area contributed by atoms with Gasteiger partial charge in [-0.2, -0.15) is 0 Å². The first-order chi connectivity index (χ1) is 6.75. The van der Waals surface area contributed by atoms with Gasteiger partial charge in [0, 0.05) is 12.6 Å². The molecule has 80 valence electrons. The normalized spacial score (nSPS) is 17.7. The quantitative estimate of drug-likeness (QED) is 0.573. The van der Waals surface area contributed by atoms with Gasteiger partial charge in [0.25, 0.3) is 0 Å². The number of thiocarbonyl (C=S) groups is 1. The van der Waals surface area contributed by atoms with E-state index in [4.69, 9.17) is 18.0 Å². The fourth-order valence-corrected chi connectivity index (χ4v) is 2.34. The molecule has 0 aromatic carbocycles. The predicted octanol–water partition coefficient (Wildman–Crippen LogP) is 2.44. The molecule has 3 heteroatoms. The van der Waals surface area contributed by atoms with Crippen molar-refractivity contribution in [2.24, 2.45) is 5.73 Å². The van der Waals surface area contributed by atoms with E-state index in [1.54, 1.807) is 0 Å². The standard InChI is InChI=1S/C11H20N2S/c1-2-3-9-13(11(12)14)10-7-5-4-6-8-10/h2,10H,1,3-9H2,(H2,12,14). The summed E-state index contributed by atoms with van der Waals surface area (Å²) < 4.78 is 0. The molecule has 1 aliphatic carbocycles. The van der Waals surface area contributed by atoms with E-state index >= 15 is 0 Å². The van der Waals surface area contributed by atoms with Gasteiger partial charge in [0.05, 0.1) is 0 Å². The van der Waals surface area contributed by atoms with Gasteiger partial charge in [-0.25, -0.2) is 0 Å². The number of rotatable bonds is 4. The summed E-state index contributed by atoms with van der Waals surface area (Å²) >= 11 is 5.08. The first kappa shape index (κ1) is 11.5. The van der Waals surface area contributed by atoms with Gasteiger partial charge >= 0.3 is 0 Å². The van der Waals surface area contributed by atoms with Crippen molar-refractivity contribution in [1.82, 2.24) is 4.90 Å². The molecule has 0 aromatic rings. The Balaban J connectivity index is 2.46. The topological polar surface area (TPSA) is 29.3 Å². The van der Waals surface area contributed by atoms with E-state index in [0.717, 1.165) is 13.0 Å². The molecule has 0 radical (unpaired) electrons. The molecular weight excluding hydrogens is 192 g/mol. The second-order valence-corrected chi connectivity index (χ2v) is 4.32. The van der Waals surface area contributed by atoms with Gasteiger partial charge < -0.3 is 10.6 Å². The van der Waals surface area contributed by atoms with Crippen LogP contribution >= 0.6 is 12.2 Å². The molecule has 0 saturated heterocycles. The molecule has 0 aromatic heterocycles. The largest absolute Gasteiger partial charge is 0.376 e. The first-order valence-corrected chi connectivity index (χ1v) is 5.83.